The highest BCUT2D eigenvalue weighted by Gasteiger charge is 2.66. The Balaban J connectivity index is 1.32. The van der Waals surface area contributed by atoms with Crippen molar-refractivity contribution >= 4 is 22.7 Å². The van der Waals surface area contributed by atoms with Crippen LogP contribution in [0.1, 0.15) is 59.5 Å². The molecule has 0 amide bonds. The summed E-state index contributed by atoms with van der Waals surface area (Å²) >= 11 is 0. The van der Waals surface area contributed by atoms with Gasteiger partial charge in [0.1, 0.15) is 5.78 Å². The van der Waals surface area contributed by atoms with Crippen molar-refractivity contribution in [1.82, 2.24) is 4.98 Å². The summed E-state index contributed by atoms with van der Waals surface area (Å²) < 4.78 is 0. The maximum absolute atomic E-state index is 13.0. The van der Waals surface area contributed by atoms with Gasteiger partial charge in [0.05, 0.1) is 11.1 Å². The molecule has 2 saturated carbocycles. The lowest BCUT2D eigenvalue weighted by Crippen LogP contribution is -2.19. The SMILES string of the molecule is O=C(O)c1cccc(CCC[C@H]2CCC(=O)C23C[C@H]3c2cccc3cccnc23)c1. The number of rotatable bonds is 6. The molecule has 152 valence electrons. The van der Waals surface area contributed by atoms with E-state index in [-0.39, 0.29) is 11.3 Å². The number of aromatic nitrogens is 1. The lowest BCUT2D eigenvalue weighted by Gasteiger charge is -2.20. The first-order chi connectivity index (χ1) is 14.6. The summed E-state index contributed by atoms with van der Waals surface area (Å²) in [6.45, 7) is 0. The zero-order valence-electron chi connectivity index (χ0n) is 16.9. The summed E-state index contributed by atoms with van der Waals surface area (Å²) in [4.78, 5) is 28.8. The van der Waals surface area contributed by atoms with Crippen molar-refractivity contribution in [3.63, 3.8) is 0 Å². The van der Waals surface area contributed by atoms with Crippen LogP contribution in [0.25, 0.3) is 10.9 Å². The van der Waals surface area contributed by atoms with Crippen molar-refractivity contribution in [1.29, 1.82) is 0 Å². The third-order valence-corrected chi connectivity index (χ3v) is 7.20. The molecule has 5 rings (SSSR count). The highest BCUT2D eigenvalue weighted by Crippen LogP contribution is 2.69. The van der Waals surface area contributed by atoms with E-state index in [0.29, 0.717) is 23.7 Å². The van der Waals surface area contributed by atoms with Crippen LogP contribution in [0.15, 0.2) is 60.8 Å². The third kappa shape index (κ3) is 3.11. The van der Waals surface area contributed by atoms with Crippen LogP contribution >= 0.6 is 0 Å². The number of ketones is 1. The average Bonchev–Trinajstić information content (AvgIpc) is 3.44. The average molecular weight is 399 g/mol. The van der Waals surface area contributed by atoms with Crippen LogP contribution in [0.4, 0.5) is 0 Å². The van der Waals surface area contributed by atoms with E-state index in [1.54, 1.807) is 12.1 Å². The van der Waals surface area contributed by atoms with E-state index in [2.05, 4.69) is 29.2 Å². The molecule has 2 fully saturated rings. The smallest absolute Gasteiger partial charge is 0.335 e. The number of aromatic carboxylic acids is 1. The minimum Gasteiger partial charge on any atom is -0.478 e. The van der Waals surface area contributed by atoms with Crippen molar-refractivity contribution in [3.8, 4) is 0 Å². The molecule has 0 radical (unpaired) electrons. The molecule has 0 bridgehead atoms. The first-order valence-corrected chi connectivity index (χ1v) is 10.8. The van der Waals surface area contributed by atoms with Gasteiger partial charge in [-0.3, -0.25) is 9.78 Å². The van der Waals surface area contributed by atoms with Gasteiger partial charge in [-0.15, -0.1) is 0 Å². The molecule has 1 N–H and O–H groups in total. The Hall–Kier alpha value is -3.01. The Morgan fingerprint density at radius 1 is 1.13 bits per heavy atom. The van der Waals surface area contributed by atoms with Gasteiger partial charge in [-0.25, -0.2) is 4.79 Å². The number of Topliss-reactive ketones (excluding diaryl/α,β-unsaturated/α-hetero) is 1. The Bertz CT molecular complexity index is 1130. The zero-order chi connectivity index (χ0) is 20.7. The van der Waals surface area contributed by atoms with E-state index >= 15 is 0 Å². The Kier molecular flexibility index (Phi) is 4.65. The van der Waals surface area contributed by atoms with E-state index in [0.717, 1.165) is 48.6 Å². The number of hydrogen-bond donors (Lipinski definition) is 1. The van der Waals surface area contributed by atoms with Gasteiger partial charge in [0, 0.05) is 23.4 Å². The predicted octanol–water partition coefficient (Wildman–Crippen LogP) is 5.41. The highest BCUT2D eigenvalue weighted by molar-refractivity contribution is 5.94. The second-order valence-corrected chi connectivity index (χ2v) is 8.78. The number of carbonyl (C=O) groups excluding carboxylic acids is 1. The number of para-hydroxylation sites is 1. The molecule has 2 aromatic carbocycles. The molecule has 2 aliphatic carbocycles. The maximum atomic E-state index is 13.0. The highest BCUT2D eigenvalue weighted by atomic mass is 16.4. The first-order valence-electron chi connectivity index (χ1n) is 10.8. The second-order valence-electron chi connectivity index (χ2n) is 8.78. The maximum Gasteiger partial charge on any atom is 0.335 e. The van der Waals surface area contributed by atoms with Gasteiger partial charge in [0.2, 0.25) is 0 Å². The van der Waals surface area contributed by atoms with Gasteiger partial charge in [0.25, 0.3) is 0 Å². The van der Waals surface area contributed by atoms with Crippen molar-refractivity contribution in [2.75, 3.05) is 0 Å². The second kappa shape index (κ2) is 7.35. The molecule has 1 heterocycles. The van der Waals surface area contributed by atoms with Crippen molar-refractivity contribution in [3.05, 3.63) is 77.5 Å². The van der Waals surface area contributed by atoms with Gasteiger partial charge < -0.3 is 5.11 Å². The van der Waals surface area contributed by atoms with Crippen LogP contribution in [-0.4, -0.2) is 21.8 Å². The summed E-state index contributed by atoms with van der Waals surface area (Å²) in [6.07, 6.45) is 7.28. The van der Waals surface area contributed by atoms with Crippen LogP contribution < -0.4 is 0 Å². The molecule has 2 aliphatic rings. The van der Waals surface area contributed by atoms with Gasteiger partial charge in [-0.1, -0.05) is 36.4 Å². The molecule has 30 heavy (non-hydrogen) atoms. The summed E-state index contributed by atoms with van der Waals surface area (Å²) in [5, 5.41) is 10.3. The largest absolute Gasteiger partial charge is 0.478 e. The normalized spacial score (nSPS) is 25.1. The minimum absolute atomic E-state index is 0.200. The van der Waals surface area contributed by atoms with Crippen molar-refractivity contribution in [2.24, 2.45) is 11.3 Å². The number of carboxylic acids is 1. The molecule has 0 saturated heterocycles. The molecule has 1 unspecified atom stereocenters. The number of pyridine rings is 1. The molecule has 4 heteroatoms. The summed E-state index contributed by atoms with van der Waals surface area (Å²) in [7, 11) is 0. The number of fused-ring (bicyclic) bond motifs is 1. The molecule has 4 nitrogen and oxygen atoms in total. The lowest BCUT2D eigenvalue weighted by molar-refractivity contribution is -0.122. The minimum atomic E-state index is -0.887. The number of benzene rings is 2. The van der Waals surface area contributed by atoms with Gasteiger partial charge in [-0.05, 0) is 73.3 Å². The van der Waals surface area contributed by atoms with Crippen molar-refractivity contribution in [2.45, 2.75) is 44.4 Å². The number of hydrogen-bond acceptors (Lipinski definition) is 3. The van der Waals surface area contributed by atoms with E-state index in [9.17, 15) is 14.7 Å². The summed E-state index contributed by atoms with van der Waals surface area (Å²) in [5.41, 5.74) is 3.45. The molecule has 1 spiro atoms. The summed E-state index contributed by atoms with van der Waals surface area (Å²) in [5.74, 6) is 0.239. The fraction of sp³-hybridized carbons (Fsp3) is 0.346. The van der Waals surface area contributed by atoms with Crippen LogP contribution in [0.3, 0.4) is 0 Å². The van der Waals surface area contributed by atoms with Gasteiger partial charge >= 0.3 is 5.97 Å². The van der Waals surface area contributed by atoms with Gasteiger partial charge in [0.15, 0.2) is 0 Å². The Labute approximate surface area is 176 Å². The van der Waals surface area contributed by atoms with Crippen LogP contribution in [0.2, 0.25) is 0 Å². The standard InChI is InChI=1S/C26H25NO3/c28-23-13-12-20(10-2-6-17-5-1-8-19(15-17)25(29)30)26(23)16-22(26)21-11-3-7-18-9-4-14-27-24(18)21/h1,3-5,7-9,11,14-15,20,22H,2,6,10,12-13,16H2,(H,29,30)/t20-,22-,26?/m0/s1. The van der Waals surface area contributed by atoms with Crippen LogP contribution in [-0.2, 0) is 11.2 Å². The van der Waals surface area contributed by atoms with E-state index < -0.39 is 5.97 Å². The monoisotopic (exact) mass is 399 g/mol. The number of nitrogens with zero attached hydrogens (tertiary/aromatic N) is 1. The molecular formula is C26H25NO3. The summed E-state index contributed by atoms with van der Waals surface area (Å²) in [6, 6.07) is 17.5. The quantitative estimate of drug-likeness (QED) is 0.602. The molecule has 0 aliphatic heterocycles. The zero-order valence-corrected chi connectivity index (χ0v) is 16.9. The fourth-order valence-corrected chi connectivity index (χ4v) is 5.67. The number of carbonyl (C=O) groups is 2. The number of aryl methyl sites for hydroxylation is 1. The molecule has 3 aromatic rings. The number of carboxylic acid groups (broad SMARTS) is 1. The van der Waals surface area contributed by atoms with E-state index in [4.69, 9.17) is 0 Å². The molecular weight excluding hydrogens is 374 g/mol. The lowest BCUT2D eigenvalue weighted by atomic mass is 9.83. The van der Waals surface area contributed by atoms with E-state index in [1.165, 1.54) is 5.56 Å². The van der Waals surface area contributed by atoms with Crippen LogP contribution in [0, 0.1) is 11.3 Å². The first kappa shape index (κ1) is 19.0. The molecule has 1 aromatic heterocycles. The molecule has 3 atom stereocenters. The third-order valence-electron chi connectivity index (χ3n) is 7.20. The Morgan fingerprint density at radius 3 is 2.83 bits per heavy atom. The topological polar surface area (TPSA) is 67.3 Å². The Morgan fingerprint density at radius 2 is 1.97 bits per heavy atom. The van der Waals surface area contributed by atoms with Crippen molar-refractivity contribution < 1.29 is 14.7 Å². The predicted molar refractivity (Wildman–Crippen MR) is 116 cm³/mol. The van der Waals surface area contributed by atoms with E-state index in [1.807, 2.05) is 24.4 Å². The van der Waals surface area contributed by atoms with Crippen LogP contribution in [0.5, 0.6) is 0 Å². The van der Waals surface area contributed by atoms with Gasteiger partial charge in [-0.2, -0.15) is 0 Å². The fourth-order valence-electron chi connectivity index (χ4n) is 5.67.